The highest BCUT2D eigenvalue weighted by Gasteiger charge is 2.37. The third-order valence-electron chi connectivity index (χ3n) is 10.7. The molecule has 0 aliphatic heterocycles. The van der Waals surface area contributed by atoms with E-state index in [1.807, 2.05) is 24.3 Å². The summed E-state index contributed by atoms with van der Waals surface area (Å²) in [6, 6.07) is 54.2. The van der Waals surface area contributed by atoms with Crippen LogP contribution in [0.4, 0.5) is 0 Å². The molecule has 10 rings (SSSR count). The minimum atomic E-state index is 0.298. The van der Waals surface area contributed by atoms with Crippen LogP contribution in [0, 0.1) is 11.8 Å². The van der Waals surface area contributed by atoms with E-state index in [1.54, 1.807) is 0 Å². The number of rotatable bonds is 5. The molecule has 0 spiro atoms. The van der Waals surface area contributed by atoms with Crippen LogP contribution in [0.5, 0.6) is 0 Å². The number of fused-ring (bicyclic) bond motifs is 5. The predicted octanol–water partition coefficient (Wildman–Crippen LogP) is 12.1. The molecule has 1 aromatic heterocycles. The molecule has 0 fully saturated rings. The first-order chi connectivity index (χ1) is 25.3. The lowest BCUT2D eigenvalue weighted by Crippen LogP contribution is -2.20. The van der Waals surface area contributed by atoms with E-state index in [0.717, 1.165) is 40.3 Å². The molecule has 0 bridgehead atoms. The van der Waals surface area contributed by atoms with Gasteiger partial charge < -0.3 is 0 Å². The van der Waals surface area contributed by atoms with Crippen molar-refractivity contribution in [2.24, 2.45) is 11.8 Å². The summed E-state index contributed by atoms with van der Waals surface area (Å²) in [5.74, 6) is 1.37. The van der Waals surface area contributed by atoms with Crippen LogP contribution in [-0.4, -0.2) is 9.97 Å². The third-order valence-corrected chi connectivity index (χ3v) is 10.7. The summed E-state index contributed by atoms with van der Waals surface area (Å²) < 4.78 is 0. The van der Waals surface area contributed by atoms with Crippen molar-refractivity contribution in [3.05, 3.63) is 204 Å². The van der Waals surface area contributed by atoms with Gasteiger partial charge in [-0.15, -0.1) is 0 Å². The van der Waals surface area contributed by atoms with Gasteiger partial charge >= 0.3 is 0 Å². The average Bonchev–Trinajstić information content (AvgIpc) is 3.60. The topological polar surface area (TPSA) is 25.8 Å². The first-order valence-corrected chi connectivity index (χ1v) is 17.8. The Hall–Kier alpha value is -6.38. The Morgan fingerprint density at radius 3 is 1.86 bits per heavy atom. The minimum absolute atomic E-state index is 0.298. The molecule has 0 saturated heterocycles. The maximum atomic E-state index is 5.08. The number of hydrogen-bond acceptors (Lipinski definition) is 2. The van der Waals surface area contributed by atoms with Crippen LogP contribution in [0.2, 0.25) is 0 Å². The molecule has 3 aliphatic rings. The molecule has 2 heteroatoms. The van der Waals surface area contributed by atoms with Gasteiger partial charge in [-0.25, -0.2) is 9.97 Å². The van der Waals surface area contributed by atoms with E-state index in [1.165, 1.54) is 55.3 Å². The van der Waals surface area contributed by atoms with Crippen LogP contribution in [0.1, 0.15) is 16.7 Å². The first kappa shape index (κ1) is 29.5. The molecular formula is C49H34N2. The summed E-state index contributed by atoms with van der Waals surface area (Å²) in [4.78, 5) is 10.1. The number of nitrogens with zero attached hydrogens (tertiary/aromatic N) is 2. The van der Waals surface area contributed by atoms with E-state index in [9.17, 15) is 0 Å². The Morgan fingerprint density at radius 1 is 0.471 bits per heavy atom. The summed E-state index contributed by atoms with van der Waals surface area (Å²) in [7, 11) is 0. The third kappa shape index (κ3) is 5.19. The SMILES string of the molecule is C1=CC2C(c3ccc(-c4cc(-c5ccccc5)nc(-c5ccccc5)n4)cc3)=CC3=C(Cc4cccc(-c5ccc6ccccc6c5)c43)C2C=C1. The highest BCUT2D eigenvalue weighted by molar-refractivity contribution is 5.99. The molecule has 2 atom stereocenters. The molecule has 51 heavy (non-hydrogen) atoms. The molecule has 0 amide bonds. The van der Waals surface area contributed by atoms with Crippen LogP contribution in [0.3, 0.4) is 0 Å². The Kier molecular flexibility index (Phi) is 7.06. The first-order valence-electron chi connectivity index (χ1n) is 17.8. The minimum Gasteiger partial charge on any atom is -0.228 e. The van der Waals surface area contributed by atoms with Crippen molar-refractivity contribution >= 4 is 21.9 Å². The summed E-state index contributed by atoms with van der Waals surface area (Å²) in [6.45, 7) is 0. The van der Waals surface area contributed by atoms with Crippen molar-refractivity contribution in [2.75, 3.05) is 0 Å². The van der Waals surface area contributed by atoms with Gasteiger partial charge in [-0.3, -0.25) is 0 Å². The molecule has 1 heterocycles. The number of hydrogen-bond donors (Lipinski definition) is 0. The van der Waals surface area contributed by atoms with Gasteiger partial charge in [0.05, 0.1) is 11.4 Å². The largest absolute Gasteiger partial charge is 0.228 e. The van der Waals surface area contributed by atoms with Crippen molar-refractivity contribution < 1.29 is 0 Å². The quantitative estimate of drug-likeness (QED) is 0.185. The molecule has 2 unspecified atom stereocenters. The van der Waals surface area contributed by atoms with Crippen LogP contribution >= 0.6 is 0 Å². The molecule has 2 nitrogen and oxygen atoms in total. The zero-order valence-corrected chi connectivity index (χ0v) is 28.1. The van der Waals surface area contributed by atoms with E-state index in [-0.39, 0.29) is 0 Å². The van der Waals surface area contributed by atoms with E-state index in [2.05, 4.69) is 158 Å². The monoisotopic (exact) mass is 650 g/mol. The fraction of sp³-hybridized carbons (Fsp3) is 0.0612. The number of allylic oxidation sites excluding steroid dienone is 8. The van der Waals surface area contributed by atoms with Gasteiger partial charge in [0.15, 0.2) is 5.82 Å². The van der Waals surface area contributed by atoms with Gasteiger partial charge in [-0.1, -0.05) is 169 Å². The predicted molar refractivity (Wildman–Crippen MR) is 212 cm³/mol. The summed E-state index contributed by atoms with van der Waals surface area (Å²) in [5, 5.41) is 2.55. The number of aromatic nitrogens is 2. The van der Waals surface area contributed by atoms with Crippen molar-refractivity contribution in [3.8, 4) is 45.0 Å². The smallest absolute Gasteiger partial charge is 0.160 e. The normalized spacial score (nSPS) is 17.2. The van der Waals surface area contributed by atoms with E-state index in [4.69, 9.17) is 9.97 Å². The zero-order chi connectivity index (χ0) is 33.7. The molecular weight excluding hydrogens is 617 g/mol. The molecule has 240 valence electrons. The molecule has 0 radical (unpaired) electrons. The van der Waals surface area contributed by atoms with Crippen LogP contribution in [0.15, 0.2) is 188 Å². The van der Waals surface area contributed by atoms with E-state index >= 15 is 0 Å². The van der Waals surface area contributed by atoms with Crippen molar-refractivity contribution in [2.45, 2.75) is 6.42 Å². The fourth-order valence-electron chi connectivity index (χ4n) is 8.25. The zero-order valence-electron chi connectivity index (χ0n) is 28.1. The lowest BCUT2D eigenvalue weighted by Gasteiger charge is -2.33. The maximum absolute atomic E-state index is 5.08. The van der Waals surface area contributed by atoms with E-state index < -0.39 is 0 Å². The Morgan fingerprint density at radius 2 is 1.10 bits per heavy atom. The van der Waals surface area contributed by atoms with Gasteiger partial charge in [-0.05, 0) is 74.4 Å². The average molecular weight is 651 g/mol. The fourth-order valence-corrected chi connectivity index (χ4v) is 8.25. The Balaban J connectivity index is 1.06. The van der Waals surface area contributed by atoms with Gasteiger partial charge in [0.1, 0.15) is 0 Å². The molecule has 6 aromatic carbocycles. The summed E-state index contributed by atoms with van der Waals surface area (Å²) in [5.41, 5.74) is 15.9. The van der Waals surface area contributed by atoms with Crippen molar-refractivity contribution in [1.82, 2.24) is 9.97 Å². The lowest BCUT2D eigenvalue weighted by atomic mass is 9.71. The Bertz CT molecular complexity index is 2530. The van der Waals surface area contributed by atoms with Crippen LogP contribution < -0.4 is 0 Å². The second-order valence-electron chi connectivity index (χ2n) is 13.7. The summed E-state index contributed by atoms with van der Waals surface area (Å²) in [6.07, 6.45) is 12.8. The van der Waals surface area contributed by atoms with Crippen LogP contribution in [0.25, 0.3) is 66.9 Å². The second-order valence-corrected chi connectivity index (χ2v) is 13.7. The standard InChI is InChI=1S/C49H34N2/c1-3-13-34(14-4-1)46-31-47(51-49(50-46)36-15-5-2-6-16-36)35-25-23-33(24-26-35)43-30-45-44(42-20-10-9-19-41(42)43)29-39-18-11-21-40(48(39)45)38-27-22-32-12-7-8-17-37(32)28-38/h1-28,30-31,41-42H,29H2. The van der Waals surface area contributed by atoms with Crippen molar-refractivity contribution in [1.29, 1.82) is 0 Å². The van der Waals surface area contributed by atoms with Gasteiger partial charge in [-0.2, -0.15) is 0 Å². The molecule has 0 N–H and O–H groups in total. The summed E-state index contributed by atoms with van der Waals surface area (Å²) >= 11 is 0. The number of benzene rings is 6. The molecule has 0 saturated carbocycles. The lowest BCUT2D eigenvalue weighted by molar-refractivity contribution is 0.633. The highest BCUT2D eigenvalue weighted by Crippen LogP contribution is 2.52. The van der Waals surface area contributed by atoms with Crippen LogP contribution in [-0.2, 0) is 6.42 Å². The second kappa shape index (κ2) is 12.2. The highest BCUT2D eigenvalue weighted by atomic mass is 14.9. The molecule has 3 aliphatic carbocycles. The van der Waals surface area contributed by atoms with E-state index in [0.29, 0.717) is 11.8 Å². The van der Waals surface area contributed by atoms with Gasteiger partial charge in [0.2, 0.25) is 0 Å². The van der Waals surface area contributed by atoms with Gasteiger partial charge in [0, 0.05) is 28.5 Å². The Labute approximate surface area is 298 Å². The van der Waals surface area contributed by atoms with Crippen molar-refractivity contribution in [3.63, 3.8) is 0 Å². The van der Waals surface area contributed by atoms with Gasteiger partial charge in [0.25, 0.3) is 0 Å². The maximum Gasteiger partial charge on any atom is 0.160 e. The molecule has 7 aromatic rings.